The number of ether oxygens (including phenoxy) is 1. The number of hydrogen-bond donors (Lipinski definition) is 0. The van der Waals surface area contributed by atoms with Gasteiger partial charge in [0.05, 0.1) is 12.9 Å². The Kier molecular flexibility index (Phi) is 6.03. The fourth-order valence-corrected chi connectivity index (χ4v) is 3.43. The zero-order chi connectivity index (χ0) is 19.4. The largest absolute Gasteiger partial charge is 0.497 e. The number of benzene rings is 2. The first-order chi connectivity index (χ1) is 13.0. The predicted octanol–water partition coefficient (Wildman–Crippen LogP) is 3.78. The number of halogens is 1. The Morgan fingerprint density at radius 1 is 1.11 bits per heavy atom. The van der Waals surface area contributed by atoms with Gasteiger partial charge >= 0.3 is 0 Å². The first-order valence-electron chi connectivity index (χ1n) is 8.18. The minimum absolute atomic E-state index is 0.0108. The molecule has 0 spiro atoms. The van der Waals surface area contributed by atoms with Crippen LogP contribution < -0.4 is 4.74 Å². The second kappa shape index (κ2) is 8.45. The van der Waals surface area contributed by atoms with Crippen molar-refractivity contribution in [3.8, 4) is 22.8 Å². The van der Waals surface area contributed by atoms with Gasteiger partial charge in [0.15, 0.2) is 11.0 Å². The summed E-state index contributed by atoms with van der Waals surface area (Å²) < 4.78 is 7.14. The summed E-state index contributed by atoms with van der Waals surface area (Å²) >= 11 is 7.38. The molecule has 0 saturated carbocycles. The van der Waals surface area contributed by atoms with Gasteiger partial charge in [-0.15, -0.1) is 10.2 Å². The van der Waals surface area contributed by atoms with E-state index in [0.717, 1.165) is 17.0 Å². The van der Waals surface area contributed by atoms with Crippen molar-refractivity contribution < 1.29 is 9.53 Å². The minimum Gasteiger partial charge on any atom is -0.497 e. The summed E-state index contributed by atoms with van der Waals surface area (Å²) in [6, 6.07) is 15.0. The van der Waals surface area contributed by atoms with Crippen LogP contribution in [-0.4, -0.2) is 52.5 Å². The number of amides is 1. The highest BCUT2D eigenvalue weighted by Gasteiger charge is 2.18. The molecular weight excluding hydrogens is 384 g/mol. The third kappa shape index (κ3) is 4.43. The Bertz CT molecular complexity index is 924. The van der Waals surface area contributed by atoms with Crippen molar-refractivity contribution >= 4 is 29.3 Å². The maximum absolute atomic E-state index is 12.0. The zero-order valence-corrected chi connectivity index (χ0v) is 16.8. The van der Waals surface area contributed by atoms with E-state index >= 15 is 0 Å². The summed E-state index contributed by atoms with van der Waals surface area (Å²) in [5.41, 5.74) is 1.76. The average molecular weight is 403 g/mol. The van der Waals surface area contributed by atoms with E-state index in [0.29, 0.717) is 16.0 Å². The van der Waals surface area contributed by atoms with Crippen LogP contribution in [0.5, 0.6) is 5.75 Å². The van der Waals surface area contributed by atoms with Gasteiger partial charge in [-0.2, -0.15) is 0 Å². The lowest BCUT2D eigenvalue weighted by atomic mass is 10.2. The number of rotatable bonds is 6. The molecule has 27 heavy (non-hydrogen) atoms. The van der Waals surface area contributed by atoms with Gasteiger partial charge in [-0.05, 0) is 48.5 Å². The van der Waals surface area contributed by atoms with Crippen molar-refractivity contribution in [2.45, 2.75) is 5.16 Å². The molecule has 0 aliphatic carbocycles. The number of nitrogens with zero attached hydrogens (tertiary/aromatic N) is 4. The summed E-state index contributed by atoms with van der Waals surface area (Å²) in [5.74, 6) is 1.74. The van der Waals surface area contributed by atoms with Crippen molar-refractivity contribution in [1.82, 2.24) is 19.7 Å². The van der Waals surface area contributed by atoms with E-state index in [1.807, 2.05) is 53.1 Å². The van der Waals surface area contributed by atoms with Crippen LogP contribution in [0.15, 0.2) is 53.7 Å². The van der Waals surface area contributed by atoms with E-state index < -0.39 is 0 Å². The van der Waals surface area contributed by atoms with Crippen molar-refractivity contribution in [1.29, 1.82) is 0 Å². The van der Waals surface area contributed by atoms with Crippen LogP contribution in [0, 0.1) is 0 Å². The molecule has 0 aliphatic heterocycles. The Labute approximate surface area is 167 Å². The van der Waals surface area contributed by atoms with E-state index in [-0.39, 0.29) is 11.7 Å². The molecule has 140 valence electrons. The molecule has 0 radical (unpaired) electrons. The molecule has 0 atom stereocenters. The van der Waals surface area contributed by atoms with Crippen LogP contribution in [0.2, 0.25) is 5.02 Å². The van der Waals surface area contributed by atoms with Crippen LogP contribution in [0.3, 0.4) is 0 Å². The van der Waals surface area contributed by atoms with Gasteiger partial charge in [0, 0.05) is 30.4 Å². The van der Waals surface area contributed by atoms with Crippen LogP contribution in [0.4, 0.5) is 0 Å². The number of carbonyl (C=O) groups excluding carboxylic acids is 1. The van der Waals surface area contributed by atoms with E-state index in [4.69, 9.17) is 16.3 Å². The first-order valence-corrected chi connectivity index (χ1v) is 9.54. The molecule has 1 aromatic heterocycles. The lowest BCUT2D eigenvalue weighted by molar-refractivity contribution is -0.125. The molecule has 3 aromatic rings. The molecule has 0 saturated heterocycles. The number of thioether (sulfide) groups is 1. The number of aromatic nitrogens is 3. The Morgan fingerprint density at radius 2 is 1.78 bits per heavy atom. The molecular formula is C19H19ClN4O2S. The fourth-order valence-electron chi connectivity index (χ4n) is 2.37. The molecule has 8 heteroatoms. The standard InChI is InChI=1S/C19H19ClN4O2S/c1-23(2)17(25)12-27-19-22-21-18(13-4-10-16(26-3)11-5-13)24(19)15-8-6-14(20)7-9-15/h4-11H,12H2,1-3H3. The highest BCUT2D eigenvalue weighted by molar-refractivity contribution is 7.99. The second-order valence-corrected chi connectivity index (χ2v) is 7.30. The molecule has 2 aromatic carbocycles. The molecule has 0 aliphatic rings. The number of methoxy groups -OCH3 is 1. The number of carbonyl (C=O) groups is 1. The monoisotopic (exact) mass is 402 g/mol. The molecule has 3 rings (SSSR count). The van der Waals surface area contributed by atoms with Crippen LogP contribution in [0.1, 0.15) is 0 Å². The molecule has 0 fully saturated rings. The van der Waals surface area contributed by atoms with Crippen molar-refractivity contribution in [3.05, 3.63) is 53.6 Å². The molecule has 1 heterocycles. The second-order valence-electron chi connectivity index (χ2n) is 5.92. The predicted molar refractivity (Wildman–Crippen MR) is 108 cm³/mol. The van der Waals surface area contributed by atoms with Gasteiger partial charge in [0.1, 0.15) is 5.75 Å². The smallest absolute Gasteiger partial charge is 0.232 e. The van der Waals surface area contributed by atoms with E-state index in [1.165, 1.54) is 11.8 Å². The highest BCUT2D eigenvalue weighted by Crippen LogP contribution is 2.29. The van der Waals surface area contributed by atoms with Gasteiger partial charge < -0.3 is 9.64 Å². The van der Waals surface area contributed by atoms with Crippen LogP contribution in [-0.2, 0) is 4.79 Å². The summed E-state index contributed by atoms with van der Waals surface area (Å²) in [7, 11) is 5.09. The SMILES string of the molecule is COc1ccc(-c2nnc(SCC(=O)N(C)C)n2-c2ccc(Cl)cc2)cc1. The van der Waals surface area contributed by atoms with Crippen LogP contribution in [0.25, 0.3) is 17.1 Å². The minimum atomic E-state index is 0.0108. The van der Waals surface area contributed by atoms with E-state index in [2.05, 4.69) is 10.2 Å². The van der Waals surface area contributed by atoms with Gasteiger partial charge in [0.2, 0.25) is 5.91 Å². The molecule has 6 nitrogen and oxygen atoms in total. The topological polar surface area (TPSA) is 60.3 Å². The van der Waals surface area contributed by atoms with Crippen molar-refractivity contribution in [2.24, 2.45) is 0 Å². The van der Waals surface area contributed by atoms with Gasteiger partial charge in [-0.3, -0.25) is 9.36 Å². The summed E-state index contributed by atoms with van der Waals surface area (Å²) in [5, 5.41) is 9.95. The highest BCUT2D eigenvalue weighted by atomic mass is 35.5. The first kappa shape index (κ1) is 19.3. The zero-order valence-electron chi connectivity index (χ0n) is 15.2. The summed E-state index contributed by atoms with van der Waals surface area (Å²) in [6.45, 7) is 0. The van der Waals surface area contributed by atoms with Crippen LogP contribution >= 0.6 is 23.4 Å². The maximum Gasteiger partial charge on any atom is 0.232 e. The Morgan fingerprint density at radius 3 is 2.37 bits per heavy atom. The molecule has 0 bridgehead atoms. The van der Waals surface area contributed by atoms with E-state index in [1.54, 1.807) is 26.1 Å². The lowest BCUT2D eigenvalue weighted by Crippen LogP contribution is -2.23. The van der Waals surface area contributed by atoms with Gasteiger partial charge in [0.25, 0.3) is 0 Å². The average Bonchev–Trinajstić information content (AvgIpc) is 3.10. The quantitative estimate of drug-likeness (QED) is 0.587. The van der Waals surface area contributed by atoms with Gasteiger partial charge in [-0.1, -0.05) is 23.4 Å². The number of hydrogen-bond acceptors (Lipinski definition) is 5. The Balaban J connectivity index is 2.02. The van der Waals surface area contributed by atoms with Crippen molar-refractivity contribution in [2.75, 3.05) is 27.0 Å². The molecule has 0 N–H and O–H groups in total. The summed E-state index contributed by atoms with van der Waals surface area (Å²) in [4.78, 5) is 13.5. The third-order valence-corrected chi connectivity index (χ3v) is 5.06. The maximum atomic E-state index is 12.0. The van der Waals surface area contributed by atoms with E-state index in [9.17, 15) is 4.79 Å². The molecule has 1 amide bonds. The normalized spacial score (nSPS) is 10.7. The summed E-state index contributed by atoms with van der Waals surface area (Å²) in [6.07, 6.45) is 0. The molecule has 0 unspecified atom stereocenters. The third-order valence-electron chi connectivity index (χ3n) is 3.89. The fraction of sp³-hybridized carbons (Fsp3) is 0.211. The van der Waals surface area contributed by atoms with Crippen molar-refractivity contribution in [3.63, 3.8) is 0 Å². The van der Waals surface area contributed by atoms with Gasteiger partial charge in [-0.25, -0.2) is 0 Å². The lowest BCUT2D eigenvalue weighted by Gasteiger charge is -2.12. The Hall–Kier alpha value is -2.51.